The van der Waals surface area contributed by atoms with Crippen LogP contribution >= 0.6 is 0 Å². The lowest BCUT2D eigenvalue weighted by molar-refractivity contribution is 0.114. The van der Waals surface area contributed by atoms with Crippen molar-refractivity contribution in [3.8, 4) is 0 Å². The molecule has 1 aromatic rings. The Labute approximate surface area is 98.1 Å². The Morgan fingerprint density at radius 3 is 2.62 bits per heavy atom. The molecule has 0 spiro atoms. The van der Waals surface area contributed by atoms with Crippen molar-refractivity contribution in [2.45, 2.75) is 26.3 Å². The lowest BCUT2D eigenvalue weighted by Gasteiger charge is -2.29. The first-order valence-electron chi connectivity index (χ1n) is 5.86. The molecule has 3 nitrogen and oxygen atoms in total. The second-order valence-electron chi connectivity index (χ2n) is 4.55. The summed E-state index contributed by atoms with van der Waals surface area (Å²) in [7, 11) is 2.06. The summed E-state index contributed by atoms with van der Waals surface area (Å²) in [4.78, 5) is 6.50. The van der Waals surface area contributed by atoms with Crippen molar-refractivity contribution >= 4 is 0 Å². The van der Waals surface area contributed by atoms with Gasteiger partial charge in [0.1, 0.15) is 0 Å². The number of pyridine rings is 1. The van der Waals surface area contributed by atoms with Crippen LogP contribution in [0.2, 0.25) is 0 Å². The molecule has 1 aromatic heterocycles. The van der Waals surface area contributed by atoms with Gasteiger partial charge in [0.2, 0.25) is 0 Å². The van der Waals surface area contributed by atoms with Gasteiger partial charge < -0.3 is 10.0 Å². The molecule has 0 bridgehead atoms. The number of hydrogen-bond acceptors (Lipinski definition) is 3. The summed E-state index contributed by atoms with van der Waals surface area (Å²) in [6.07, 6.45) is 2.75. The zero-order chi connectivity index (χ0) is 12.0. The smallest absolute Gasteiger partial charge is 0.0589 e. The molecule has 90 valence electrons. The maximum absolute atomic E-state index is 9.31. The highest BCUT2D eigenvalue weighted by Gasteiger charge is 2.17. The molecular weight excluding hydrogens is 200 g/mol. The van der Waals surface area contributed by atoms with E-state index in [4.69, 9.17) is 0 Å². The average Bonchev–Trinajstić information content (AvgIpc) is 2.28. The number of aliphatic hydroxyl groups excluding tert-OH is 1. The topological polar surface area (TPSA) is 36.4 Å². The van der Waals surface area contributed by atoms with Crippen molar-refractivity contribution in [2.75, 3.05) is 20.2 Å². The van der Waals surface area contributed by atoms with Crippen LogP contribution in [0.1, 0.15) is 19.5 Å². The first-order chi connectivity index (χ1) is 7.65. The van der Waals surface area contributed by atoms with Crippen molar-refractivity contribution in [2.24, 2.45) is 5.92 Å². The Balaban J connectivity index is 2.43. The van der Waals surface area contributed by atoms with Gasteiger partial charge in [-0.25, -0.2) is 0 Å². The van der Waals surface area contributed by atoms with Gasteiger partial charge in [-0.1, -0.05) is 19.9 Å². The molecule has 3 heteroatoms. The average molecular weight is 222 g/mol. The largest absolute Gasteiger partial charge is 0.395 e. The lowest BCUT2D eigenvalue weighted by Crippen LogP contribution is -2.40. The van der Waals surface area contributed by atoms with E-state index in [9.17, 15) is 5.11 Å². The van der Waals surface area contributed by atoms with Gasteiger partial charge in [-0.05, 0) is 25.1 Å². The molecule has 1 N–H and O–H groups in total. The second-order valence-corrected chi connectivity index (χ2v) is 4.55. The van der Waals surface area contributed by atoms with Crippen LogP contribution in [0.5, 0.6) is 0 Å². The zero-order valence-electron chi connectivity index (χ0n) is 10.4. The normalized spacial score (nSPS) is 13.4. The Morgan fingerprint density at radius 2 is 2.12 bits per heavy atom. The van der Waals surface area contributed by atoms with Crippen LogP contribution in [0.4, 0.5) is 0 Å². The van der Waals surface area contributed by atoms with Crippen LogP contribution in [0.15, 0.2) is 24.4 Å². The molecule has 0 amide bonds. The van der Waals surface area contributed by atoms with E-state index in [0.717, 1.165) is 18.7 Å². The van der Waals surface area contributed by atoms with Crippen LogP contribution in [-0.2, 0) is 6.42 Å². The summed E-state index contributed by atoms with van der Waals surface area (Å²) >= 11 is 0. The zero-order valence-corrected chi connectivity index (χ0v) is 10.4. The minimum Gasteiger partial charge on any atom is -0.395 e. The van der Waals surface area contributed by atoms with Gasteiger partial charge in [0.05, 0.1) is 6.61 Å². The molecule has 16 heavy (non-hydrogen) atoms. The number of nitrogens with zero attached hydrogens (tertiary/aromatic N) is 2. The van der Waals surface area contributed by atoms with E-state index in [-0.39, 0.29) is 12.6 Å². The summed E-state index contributed by atoms with van der Waals surface area (Å²) < 4.78 is 0. The number of aromatic nitrogens is 1. The Morgan fingerprint density at radius 1 is 1.38 bits per heavy atom. The number of hydrogen-bond donors (Lipinski definition) is 1. The van der Waals surface area contributed by atoms with Crippen LogP contribution < -0.4 is 0 Å². The summed E-state index contributed by atoms with van der Waals surface area (Å²) in [6, 6.07) is 6.22. The van der Waals surface area contributed by atoms with Crippen LogP contribution in [0.25, 0.3) is 0 Å². The number of aliphatic hydroxyl groups is 1. The van der Waals surface area contributed by atoms with Crippen LogP contribution in [-0.4, -0.2) is 41.2 Å². The Bertz CT molecular complexity index is 287. The number of rotatable bonds is 6. The number of likely N-dealkylation sites (N-methyl/N-ethyl adjacent to an activating group) is 1. The van der Waals surface area contributed by atoms with Gasteiger partial charge in [0.25, 0.3) is 0 Å². The van der Waals surface area contributed by atoms with E-state index < -0.39 is 0 Å². The van der Waals surface area contributed by atoms with E-state index >= 15 is 0 Å². The maximum atomic E-state index is 9.31. The van der Waals surface area contributed by atoms with E-state index in [0.29, 0.717) is 5.92 Å². The standard InChI is InChI=1S/C13H22N2O/c1-11(2)13(10-16)15(3)9-7-12-6-4-5-8-14-12/h4-6,8,11,13,16H,7,9-10H2,1-3H3. The highest BCUT2D eigenvalue weighted by Crippen LogP contribution is 2.09. The summed E-state index contributed by atoms with van der Waals surface area (Å²) in [5, 5.41) is 9.31. The van der Waals surface area contributed by atoms with Crippen molar-refractivity contribution in [1.82, 2.24) is 9.88 Å². The van der Waals surface area contributed by atoms with Gasteiger partial charge >= 0.3 is 0 Å². The fraction of sp³-hybridized carbons (Fsp3) is 0.615. The first-order valence-corrected chi connectivity index (χ1v) is 5.86. The lowest BCUT2D eigenvalue weighted by atomic mass is 10.0. The molecule has 1 rings (SSSR count). The van der Waals surface area contributed by atoms with E-state index in [2.05, 4.69) is 30.8 Å². The molecule has 1 unspecified atom stereocenters. The minimum atomic E-state index is 0.219. The SMILES string of the molecule is CC(C)C(CO)N(C)CCc1ccccn1. The highest BCUT2D eigenvalue weighted by atomic mass is 16.3. The van der Waals surface area contributed by atoms with Gasteiger partial charge in [-0.3, -0.25) is 4.98 Å². The fourth-order valence-electron chi connectivity index (χ4n) is 1.86. The molecule has 1 atom stereocenters. The second kappa shape index (κ2) is 6.61. The third-order valence-electron chi connectivity index (χ3n) is 2.97. The molecule has 0 fully saturated rings. The molecule has 0 aromatic carbocycles. The van der Waals surface area contributed by atoms with E-state index in [1.165, 1.54) is 0 Å². The van der Waals surface area contributed by atoms with E-state index in [1.54, 1.807) is 0 Å². The van der Waals surface area contributed by atoms with Crippen LogP contribution in [0.3, 0.4) is 0 Å². The summed E-state index contributed by atoms with van der Waals surface area (Å²) in [5.74, 6) is 0.471. The molecule has 0 radical (unpaired) electrons. The highest BCUT2D eigenvalue weighted by molar-refractivity contribution is 5.03. The predicted molar refractivity (Wildman–Crippen MR) is 66.3 cm³/mol. The van der Waals surface area contributed by atoms with Gasteiger partial charge in [0, 0.05) is 30.9 Å². The Hall–Kier alpha value is -0.930. The molecule has 0 aliphatic heterocycles. The van der Waals surface area contributed by atoms with Crippen molar-refractivity contribution in [3.05, 3.63) is 30.1 Å². The van der Waals surface area contributed by atoms with Gasteiger partial charge in [-0.15, -0.1) is 0 Å². The molecule has 0 aliphatic carbocycles. The third-order valence-corrected chi connectivity index (χ3v) is 2.97. The quantitative estimate of drug-likeness (QED) is 0.794. The van der Waals surface area contributed by atoms with Crippen molar-refractivity contribution < 1.29 is 5.11 Å². The molecule has 0 saturated heterocycles. The van der Waals surface area contributed by atoms with Crippen molar-refractivity contribution in [1.29, 1.82) is 0 Å². The monoisotopic (exact) mass is 222 g/mol. The minimum absolute atomic E-state index is 0.219. The summed E-state index contributed by atoms with van der Waals surface area (Å²) in [5.41, 5.74) is 1.11. The first kappa shape index (κ1) is 13.1. The summed E-state index contributed by atoms with van der Waals surface area (Å²) in [6.45, 7) is 5.42. The maximum Gasteiger partial charge on any atom is 0.0589 e. The van der Waals surface area contributed by atoms with Gasteiger partial charge in [0.15, 0.2) is 0 Å². The Kier molecular flexibility index (Phi) is 5.43. The van der Waals surface area contributed by atoms with Gasteiger partial charge in [-0.2, -0.15) is 0 Å². The van der Waals surface area contributed by atoms with Crippen molar-refractivity contribution in [3.63, 3.8) is 0 Å². The molecule has 0 aliphatic rings. The predicted octanol–water partition coefficient (Wildman–Crippen LogP) is 1.57. The third kappa shape index (κ3) is 3.91. The van der Waals surface area contributed by atoms with Crippen LogP contribution in [0, 0.1) is 5.92 Å². The molecule has 1 heterocycles. The molecular formula is C13H22N2O. The fourth-order valence-corrected chi connectivity index (χ4v) is 1.86. The van der Waals surface area contributed by atoms with E-state index in [1.807, 2.05) is 24.4 Å². The molecule has 0 saturated carbocycles.